The van der Waals surface area contributed by atoms with E-state index in [-0.39, 0.29) is 5.84 Å². The second kappa shape index (κ2) is 14.0. The summed E-state index contributed by atoms with van der Waals surface area (Å²) >= 11 is 0. The number of hydrogen-bond acceptors (Lipinski definition) is 2. The smallest absolute Gasteiger partial charge is 0.152 e. The molecule has 0 radical (unpaired) electrons. The molecule has 0 bridgehead atoms. The highest BCUT2D eigenvalue weighted by Gasteiger charge is 2.13. The zero-order valence-corrected chi connectivity index (χ0v) is 29.4. The van der Waals surface area contributed by atoms with E-state index in [0.29, 0.717) is 11.3 Å². The van der Waals surface area contributed by atoms with E-state index < -0.39 is 0 Å². The van der Waals surface area contributed by atoms with Crippen LogP contribution in [0, 0.1) is 16.7 Å². The van der Waals surface area contributed by atoms with Crippen LogP contribution >= 0.6 is 0 Å². The van der Waals surface area contributed by atoms with Crippen molar-refractivity contribution >= 4 is 60.7 Å². The van der Waals surface area contributed by atoms with Crippen molar-refractivity contribution in [1.29, 1.82) is 10.7 Å². The molecule has 3 heteroatoms. The van der Waals surface area contributed by atoms with Gasteiger partial charge in [0.25, 0.3) is 0 Å². The van der Waals surface area contributed by atoms with Crippen molar-refractivity contribution in [2.24, 2.45) is 4.99 Å². The van der Waals surface area contributed by atoms with Gasteiger partial charge in [0.1, 0.15) is 0 Å². The SMILES string of the molecule is N#Cc1ccc(-c2ccc(C(/C=C/c3ccc4cc(-c5c6ccccc6cc6c5ccc5ccccc56)ccc4c3)=NC(=N)c3ccccc3)cc2)cc1. The predicted octanol–water partition coefficient (Wildman–Crippen LogP) is 13.0. The van der Waals surface area contributed by atoms with Crippen LogP contribution in [0.25, 0.3) is 71.4 Å². The van der Waals surface area contributed by atoms with Crippen LogP contribution in [0.1, 0.15) is 22.3 Å². The number of aliphatic imine (C=N–C) groups is 1. The van der Waals surface area contributed by atoms with Gasteiger partial charge in [-0.2, -0.15) is 5.26 Å². The Morgan fingerprint density at radius 2 is 1.11 bits per heavy atom. The van der Waals surface area contributed by atoms with Gasteiger partial charge in [0.2, 0.25) is 0 Å². The van der Waals surface area contributed by atoms with Crippen LogP contribution in [-0.4, -0.2) is 11.5 Å². The summed E-state index contributed by atoms with van der Waals surface area (Å²) in [6.07, 6.45) is 4.07. The fourth-order valence-electron chi connectivity index (χ4n) is 7.38. The van der Waals surface area contributed by atoms with Gasteiger partial charge in [-0.1, -0.05) is 158 Å². The summed E-state index contributed by atoms with van der Waals surface area (Å²) in [5.74, 6) is 0.200. The first-order valence-electron chi connectivity index (χ1n) is 18.0. The molecule has 0 unspecified atom stereocenters. The molecule has 0 saturated carbocycles. The molecule has 0 saturated heterocycles. The molecule has 3 nitrogen and oxygen atoms in total. The molecular weight excluding hydrogens is 655 g/mol. The molecule has 9 aromatic rings. The Hall–Kier alpha value is -7.41. The molecular formula is C51H33N3. The Labute approximate surface area is 313 Å². The number of amidine groups is 1. The molecule has 54 heavy (non-hydrogen) atoms. The molecule has 0 atom stereocenters. The van der Waals surface area contributed by atoms with Crippen LogP contribution in [0.15, 0.2) is 193 Å². The molecule has 0 aromatic heterocycles. The number of fused-ring (bicyclic) bond motifs is 5. The Morgan fingerprint density at radius 3 is 1.89 bits per heavy atom. The minimum absolute atomic E-state index is 0.200. The van der Waals surface area contributed by atoms with Gasteiger partial charge in [0.05, 0.1) is 17.3 Å². The zero-order chi connectivity index (χ0) is 36.4. The highest BCUT2D eigenvalue weighted by molar-refractivity contribution is 6.21. The van der Waals surface area contributed by atoms with Crippen molar-refractivity contribution in [3.8, 4) is 28.3 Å². The fraction of sp³-hybridized carbons (Fsp3) is 0. The summed E-state index contributed by atoms with van der Waals surface area (Å²) < 4.78 is 0. The third-order valence-electron chi connectivity index (χ3n) is 10.2. The van der Waals surface area contributed by atoms with E-state index >= 15 is 0 Å². The van der Waals surface area contributed by atoms with Crippen LogP contribution in [0.2, 0.25) is 0 Å². The van der Waals surface area contributed by atoms with Gasteiger partial charge >= 0.3 is 0 Å². The van der Waals surface area contributed by atoms with Gasteiger partial charge in [0, 0.05) is 11.1 Å². The molecule has 9 rings (SSSR count). The standard InChI is InChI=1S/C51H33N3/c52-33-35-15-18-36(19-16-35)37-21-23-39(24-22-37)49(54-51(53)40-9-2-1-3-10-40)29-17-34-14-20-42-31-44(26-25-41(42)30-34)50-46-13-7-5-11-43(46)32-48-45-12-6-4-8-38(45)27-28-47(48)50/h1-32,53H/b29-17+,53-51?,54-49?. The van der Waals surface area contributed by atoms with Crippen molar-refractivity contribution < 1.29 is 0 Å². The number of nitrogens with zero attached hydrogens (tertiary/aromatic N) is 2. The first-order valence-corrected chi connectivity index (χ1v) is 18.0. The van der Waals surface area contributed by atoms with Gasteiger partial charge < -0.3 is 0 Å². The number of nitriles is 1. The van der Waals surface area contributed by atoms with Crippen molar-refractivity contribution in [2.75, 3.05) is 0 Å². The lowest BCUT2D eigenvalue weighted by molar-refractivity contribution is 1.41. The Morgan fingerprint density at radius 1 is 0.481 bits per heavy atom. The van der Waals surface area contributed by atoms with E-state index in [9.17, 15) is 5.26 Å². The third kappa shape index (κ3) is 6.23. The summed E-state index contributed by atoms with van der Waals surface area (Å²) in [4.78, 5) is 4.81. The topological polar surface area (TPSA) is 60.0 Å². The van der Waals surface area contributed by atoms with Gasteiger partial charge in [-0.3, -0.25) is 5.41 Å². The molecule has 0 fully saturated rings. The molecule has 0 amide bonds. The maximum atomic E-state index is 9.19. The van der Waals surface area contributed by atoms with Gasteiger partial charge in [0.15, 0.2) is 5.84 Å². The summed E-state index contributed by atoms with van der Waals surface area (Å²) in [5.41, 5.74) is 8.57. The lowest BCUT2D eigenvalue weighted by Gasteiger charge is -2.15. The van der Waals surface area contributed by atoms with E-state index in [1.165, 1.54) is 48.8 Å². The molecule has 0 spiro atoms. The number of allylic oxidation sites excluding steroid dienone is 1. The summed E-state index contributed by atoms with van der Waals surface area (Å²) in [7, 11) is 0. The highest BCUT2D eigenvalue weighted by Crippen LogP contribution is 2.40. The van der Waals surface area contributed by atoms with Crippen molar-refractivity contribution in [3.63, 3.8) is 0 Å². The Balaban J connectivity index is 1.08. The van der Waals surface area contributed by atoms with Crippen LogP contribution < -0.4 is 0 Å². The molecule has 1 N–H and O–H groups in total. The van der Waals surface area contributed by atoms with Gasteiger partial charge in [-0.15, -0.1) is 0 Å². The molecule has 252 valence electrons. The Kier molecular flexibility index (Phi) is 8.40. The van der Waals surface area contributed by atoms with Crippen molar-refractivity contribution in [2.45, 2.75) is 0 Å². The van der Waals surface area contributed by atoms with Crippen LogP contribution in [-0.2, 0) is 0 Å². The quantitative estimate of drug-likeness (QED) is 0.0804. The molecule has 0 aliphatic carbocycles. The van der Waals surface area contributed by atoms with Crippen LogP contribution in [0.4, 0.5) is 0 Å². The van der Waals surface area contributed by atoms with Crippen LogP contribution in [0.3, 0.4) is 0 Å². The van der Waals surface area contributed by atoms with E-state index in [1.807, 2.05) is 72.8 Å². The lowest BCUT2D eigenvalue weighted by Crippen LogP contribution is -2.03. The summed E-state index contributed by atoms with van der Waals surface area (Å²) in [5, 5.41) is 27.8. The molecule has 0 aliphatic heterocycles. The highest BCUT2D eigenvalue weighted by atomic mass is 14.8. The number of nitrogens with one attached hydrogen (secondary N) is 1. The Bertz CT molecular complexity index is 2980. The van der Waals surface area contributed by atoms with E-state index in [4.69, 9.17) is 10.4 Å². The number of hydrogen-bond donors (Lipinski definition) is 1. The van der Waals surface area contributed by atoms with Crippen molar-refractivity contribution in [1.82, 2.24) is 0 Å². The largest absolute Gasteiger partial charge is 0.282 e. The maximum absolute atomic E-state index is 9.19. The van der Waals surface area contributed by atoms with Crippen molar-refractivity contribution in [3.05, 3.63) is 210 Å². The number of rotatable bonds is 6. The first-order chi connectivity index (χ1) is 26.6. The van der Waals surface area contributed by atoms with Crippen LogP contribution in [0.5, 0.6) is 0 Å². The number of benzene rings is 9. The van der Waals surface area contributed by atoms with E-state index in [0.717, 1.165) is 33.2 Å². The van der Waals surface area contributed by atoms with Gasteiger partial charge in [-0.05, 0) is 107 Å². The first kappa shape index (κ1) is 32.5. The molecule has 9 aromatic carbocycles. The minimum atomic E-state index is 0.200. The van der Waals surface area contributed by atoms with Gasteiger partial charge in [-0.25, -0.2) is 4.99 Å². The average molecular weight is 688 g/mol. The maximum Gasteiger partial charge on any atom is 0.152 e. The predicted molar refractivity (Wildman–Crippen MR) is 227 cm³/mol. The lowest BCUT2D eigenvalue weighted by atomic mass is 9.89. The minimum Gasteiger partial charge on any atom is -0.282 e. The molecule has 0 aliphatic rings. The third-order valence-corrected chi connectivity index (χ3v) is 10.2. The second-order valence-corrected chi connectivity index (χ2v) is 13.5. The zero-order valence-electron chi connectivity index (χ0n) is 29.4. The monoisotopic (exact) mass is 687 g/mol. The average Bonchev–Trinajstić information content (AvgIpc) is 3.24. The molecule has 0 heterocycles. The second-order valence-electron chi connectivity index (χ2n) is 13.5. The fourth-order valence-corrected chi connectivity index (χ4v) is 7.38. The normalized spacial score (nSPS) is 11.8. The summed E-state index contributed by atoms with van der Waals surface area (Å²) in [6, 6.07) is 65.0. The summed E-state index contributed by atoms with van der Waals surface area (Å²) in [6.45, 7) is 0. The van der Waals surface area contributed by atoms with E-state index in [2.05, 4.69) is 127 Å². The van der Waals surface area contributed by atoms with E-state index in [1.54, 1.807) is 0 Å².